The van der Waals surface area contributed by atoms with Crippen LogP contribution in [0.3, 0.4) is 0 Å². The summed E-state index contributed by atoms with van der Waals surface area (Å²) in [6.07, 6.45) is 5.22. The van der Waals surface area contributed by atoms with Gasteiger partial charge in [0, 0.05) is 18.7 Å². The highest BCUT2D eigenvalue weighted by Gasteiger charge is 2.06. The van der Waals surface area contributed by atoms with Crippen LogP contribution in [0.5, 0.6) is 0 Å². The number of nitrogens with zero attached hydrogens (tertiary/aromatic N) is 1. The lowest BCUT2D eigenvalue weighted by atomic mass is 10.1. The molecule has 0 spiro atoms. The average Bonchev–Trinajstić information content (AvgIpc) is 2.30. The molecular formula is C14H19FN2. The first kappa shape index (κ1) is 13.7. The number of benzene rings is 1. The molecule has 17 heavy (non-hydrogen) atoms. The predicted molar refractivity (Wildman–Crippen MR) is 68.9 cm³/mol. The van der Waals surface area contributed by atoms with Crippen LogP contribution in [0.4, 0.5) is 4.39 Å². The maximum atomic E-state index is 13.6. The fraction of sp³-hybridized carbons (Fsp3) is 0.429. The molecule has 1 rings (SSSR count). The lowest BCUT2D eigenvalue weighted by molar-refractivity contribution is 0.361. The third-order valence-corrected chi connectivity index (χ3v) is 2.49. The molecule has 1 aromatic carbocycles. The standard InChI is InChI=1S/C14H19FN2/c1-4-8-17(3)11-13-9-12(10-16-5-2)6-7-14(13)15/h1,6-7,9,16H,5,8,10-11H2,2-3H3. The van der Waals surface area contributed by atoms with Crippen molar-refractivity contribution in [2.45, 2.75) is 20.0 Å². The van der Waals surface area contributed by atoms with Crippen LogP contribution in [0.2, 0.25) is 0 Å². The van der Waals surface area contributed by atoms with Crippen molar-refractivity contribution in [1.29, 1.82) is 0 Å². The molecule has 0 heterocycles. The van der Waals surface area contributed by atoms with E-state index in [0.29, 0.717) is 18.7 Å². The number of hydrogen-bond acceptors (Lipinski definition) is 2. The third-order valence-electron chi connectivity index (χ3n) is 2.49. The molecule has 0 aromatic heterocycles. The SMILES string of the molecule is C#CCN(C)Cc1cc(CNCC)ccc1F. The predicted octanol–water partition coefficient (Wildman–Crippen LogP) is 2.00. The quantitative estimate of drug-likeness (QED) is 0.757. The van der Waals surface area contributed by atoms with Gasteiger partial charge in [0.2, 0.25) is 0 Å². The monoisotopic (exact) mass is 234 g/mol. The molecule has 0 saturated heterocycles. The van der Waals surface area contributed by atoms with Crippen LogP contribution in [0.25, 0.3) is 0 Å². The van der Waals surface area contributed by atoms with E-state index >= 15 is 0 Å². The molecule has 0 amide bonds. The van der Waals surface area contributed by atoms with Gasteiger partial charge in [-0.1, -0.05) is 25.0 Å². The van der Waals surface area contributed by atoms with Crippen molar-refractivity contribution in [2.24, 2.45) is 0 Å². The van der Waals surface area contributed by atoms with Crippen LogP contribution in [-0.4, -0.2) is 25.0 Å². The fourth-order valence-electron chi connectivity index (χ4n) is 1.63. The van der Waals surface area contributed by atoms with Crippen LogP contribution in [-0.2, 0) is 13.1 Å². The second kappa shape index (κ2) is 7.05. The Morgan fingerprint density at radius 3 is 2.88 bits per heavy atom. The van der Waals surface area contributed by atoms with Gasteiger partial charge >= 0.3 is 0 Å². The molecule has 0 aliphatic rings. The molecule has 0 unspecified atom stereocenters. The maximum absolute atomic E-state index is 13.6. The van der Waals surface area contributed by atoms with Gasteiger partial charge in [-0.25, -0.2) is 4.39 Å². The van der Waals surface area contributed by atoms with Crippen molar-refractivity contribution in [1.82, 2.24) is 10.2 Å². The van der Waals surface area contributed by atoms with Crippen LogP contribution < -0.4 is 5.32 Å². The van der Waals surface area contributed by atoms with Crippen LogP contribution in [0, 0.1) is 18.2 Å². The molecule has 1 N–H and O–H groups in total. The van der Waals surface area contributed by atoms with E-state index < -0.39 is 0 Å². The molecule has 0 radical (unpaired) electrons. The Hall–Kier alpha value is -1.37. The number of rotatable bonds is 6. The van der Waals surface area contributed by atoms with E-state index in [1.54, 1.807) is 0 Å². The first-order chi connectivity index (χ1) is 8.17. The third kappa shape index (κ3) is 4.56. The Kier molecular flexibility index (Phi) is 5.68. The largest absolute Gasteiger partial charge is 0.313 e. The van der Waals surface area contributed by atoms with Gasteiger partial charge in [-0.3, -0.25) is 4.90 Å². The summed E-state index contributed by atoms with van der Waals surface area (Å²) in [5.74, 6) is 2.38. The normalized spacial score (nSPS) is 10.5. The first-order valence-electron chi connectivity index (χ1n) is 5.77. The number of terminal acetylenes is 1. The summed E-state index contributed by atoms with van der Waals surface area (Å²) < 4.78 is 13.6. The Morgan fingerprint density at radius 2 is 2.24 bits per heavy atom. The zero-order chi connectivity index (χ0) is 12.7. The summed E-state index contributed by atoms with van der Waals surface area (Å²) >= 11 is 0. The van der Waals surface area contributed by atoms with Crippen molar-refractivity contribution in [3.63, 3.8) is 0 Å². The van der Waals surface area contributed by atoms with Gasteiger partial charge in [0.25, 0.3) is 0 Å². The minimum Gasteiger partial charge on any atom is -0.313 e. The zero-order valence-corrected chi connectivity index (χ0v) is 10.5. The summed E-state index contributed by atoms with van der Waals surface area (Å²) in [5.41, 5.74) is 1.79. The van der Waals surface area contributed by atoms with Crippen molar-refractivity contribution >= 4 is 0 Å². The van der Waals surface area contributed by atoms with E-state index in [-0.39, 0.29) is 5.82 Å². The minimum atomic E-state index is -0.172. The van der Waals surface area contributed by atoms with Gasteiger partial charge in [-0.2, -0.15) is 0 Å². The number of hydrogen-bond donors (Lipinski definition) is 1. The van der Waals surface area contributed by atoms with Crippen LogP contribution in [0.15, 0.2) is 18.2 Å². The van der Waals surface area contributed by atoms with E-state index in [4.69, 9.17) is 6.42 Å². The molecule has 3 heteroatoms. The van der Waals surface area contributed by atoms with Crippen molar-refractivity contribution in [3.05, 3.63) is 35.1 Å². The molecule has 1 aromatic rings. The lowest BCUT2D eigenvalue weighted by Gasteiger charge is -2.14. The van der Waals surface area contributed by atoms with E-state index in [0.717, 1.165) is 18.7 Å². The Bertz CT molecular complexity index is 396. The van der Waals surface area contributed by atoms with E-state index in [2.05, 4.69) is 11.2 Å². The highest BCUT2D eigenvalue weighted by atomic mass is 19.1. The molecule has 0 saturated carbocycles. The summed E-state index contributed by atoms with van der Waals surface area (Å²) in [5, 5.41) is 3.22. The molecule has 0 aliphatic heterocycles. The van der Waals surface area contributed by atoms with Gasteiger partial charge in [0.1, 0.15) is 5.82 Å². The van der Waals surface area contributed by atoms with Crippen molar-refractivity contribution in [3.8, 4) is 12.3 Å². The van der Waals surface area contributed by atoms with Gasteiger partial charge < -0.3 is 5.32 Å². The van der Waals surface area contributed by atoms with Gasteiger partial charge in [-0.05, 0) is 25.2 Å². The van der Waals surface area contributed by atoms with Gasteiger partial charge in [-0.15, -0.1) is 6.42 Å². The average molecular weight is 234 g/mol. The molecule has 0 bridgehead atoms. The van der Waals surface area contributed by atoms with E-state index in [1.807, 2.05) is 31.0 Å². The van der Waals surface area contributed by atoms with Gasteiger partial charge in [0.15, 0.2) is 0 Å². The van der Waals surface area contributed by atoms with Crippen LogP contribution >= 0.6 is 0 Å². The Balaban J connectivity index is 2.73. The molecule has 92 valence electrons. The summed E-state index contributed by atoms with van der Waals surface area (Å²) in [4.78, 5) is 1.91. The molecular weight excluding hydrogens is 215 g/mol. The second-order valence-corrected chi connectivity index (χ2v) is 4.08. The molecule has 0 aliphatic carbocycles. The second-order valence-electron chi connectivity index (χ2n) is 4.08. The van der Waals surface area contributed by atoms with E-state index in [9.17, 15) is 4.39 Å². The minimum absolute atomic E-state index is 0.172. The van der Waals surface area contributed by atoms with Gasteiger partial charge in [0.05, 0.1) is 6.54 Å². The smallest absolute Gasteiger partial charge is 0.127 e. The highest BCUT2D eigenvalue weighted by Crippen LogP contribution is 2.12. The first-order valence-corrected chi connectivity index (χ1v) is 5.77. The highest BCUT2D eigenvalue weighted by molar-refractivity contribution is 5.25. The molecule has 0 atom stereocenters. The number of nitrogens with one attached hydrogen (secondary N) is 1. The summed E-state index contributed by atoms with van der Waals surface area (Å²) in [6.45, 7) is 4.78. The topological polar surface area (TPSA) is 15.3 Å². The molecule has 2 nitrogen and oxygen atoms in total. The lowest BCUT2D eigenvalue weighted by Crippen LogP contribution is -2.19. The maximum Gasteiger partial charge on any atom is 0.127 e. The van der Waals surface area contributed by atoms with Crippen molar-refractivity contribution < 1.29 is 4.39 Å². The van der Waals surface area contributed by atoms with Crippen molar-refractivity contribution in [2.75, 3.05) is 20.1 Å². The fourth-order valence-corrected chi connectivity index (χ4v) is 1.63. The number of halogens is 1. The Labute approximate surface area is 103 Å². The van der Waals surface area contributed by atoms with Crippen LogP contribution in [0.1, 0.15) is 18.1 Å². The Morgan fingerprint density at radius 1 is 1.47 bits per heavy atom. The summed E-state index contributed by atoms with van der Waals surface area (Å²) in [6, 6.07) is 5.22. The van der Waals surface area contributed by atoms with E-state index in [1.165, 1.54) is 6.07 Å². The molecule has 0 fully saturated rings. The summed E-state index contributed by atoms with van der Waals surface area (Å²) in [7, 11) is 1.89. The zero-order valence-electron chi connectivity index (χ0n) is 10.5.